The van der Waals surface area contributed by atoms with Crippen molar-refractivity contribution in [3.63, 3.8) is 0 Å². The molecule has 4 aromatic rings. The van der Waals surface area contributed by atoms with Gasteiger partial charge in [0.15, 0.2) is 0 Å². The van der Waals surface area contributed by atoms with Crippen molar-refractivity contribution < 1.29 is 9.21 Å². The van der Waals surface area contributed by atoms with E-state index >= 15 is 0 Å². The molecule has 2 aromatic heterocycles. The molecule has 0 radical (unpaired) electrons. The van der Waals surface area contributed by atoms with E-state index in [0.717, 1.165) is 48.5 Å². The zero-order valence-corrected chi connectivity index (χ0v) is 25.2. The van der Waals surface area contributed by atoms with Crippen molar-refractivity contribution >= 4 is 11.8 Å². The summed E-state index contributed by atoms with van der Waals surface area (Å²) >= 11 is 0. The van der Waals surface area contributed by atoms with E-state index in [4.69, 9.17) is 9.40 Å². The van der Waals surface area contributed by atoms with Crippen LogP contribution >= 0.6 is 0 Å². The van der Waals surface area contributed by atoms with Gasteiger partial charge in [-0.2, -0.15) is 0 Å². The fourth-order valence-corrected chi connectivity index (χ4v) is 5.65. The monoisotopic (exact) mass is 569 g/mol. The van der Waals surface area contributed by atoms with Crippen LogP contribution in [-0.2, 0) is 37.5 Å². The average molecular weight is 570 g/mol. The Hall–Kier alpha value is -3.98. The fraction of sp³-hybridized carbons (Fsp3) is 0.455. The number of nitrogens with zero attached hydrogens (tertiary/aromatic N) is 7. The summed E-state index contributed by atoms with van der Waals surface area (Å²) in [5, 5.41) is 8.91. The van der Waals surface area contributed by atoms with Crippen molar-refractivity contribution in [2.75, 3.05) is 18.5 Å². The van der Waals surface area contributed by atoms with E-state index in [1.54, 1.807) is 0 Å². The topological polar surface area (TPSA) is 83.5 Å². The Balaban J connectivity index is 1.48. The quantitative estimate of drug-likeness (QED) is 0.243. The van der Waals surface area contributed by atoms with Crippen molar-refractivity contribution in [1.29, 1.82) is 0 Å². The van der Waals surface area contributed by atoms with Gasteiger partial charge in [-0.15, -0.1) is 5.10 Å². The Morgan fingerprint density at radius 1 is 0.881 bits per heavy atom. The van der Waals surface area contributed by atoms with Gasteiger partial charge in [-0.1, -0.05) is 98.5 Å². The summed E-state index contributed by atoms with van der Waals surface area (Å²) in [6.07, 6.45) is 7.22. The zero-order chi connectivity index (χ0) is 29.3. The van der Waals surface area contributed by atoms with Gasteiger partial charge in [0.05, 0.1) is 31.9 Å². The summed E-state index contributed by atoms with van der Waals surface area (Å²) in [7, 11) is 2.02. The van der Waals surface area contributed by atoms with Gasteiger partial charge in [0.2, 0.25) is 17.7 Å². The number of fused-ring (bicyclic) bond motifs is 4. The van der Waals surface area contributed by atoms with Crippen molar-refractivity contribution in [2.24, 2.45) is 0 Å². The zero-order valence-electron chi connectivity index (χ0n) is 25.2. The Morgan fingerprint density at radius 3 is 2.26 bits per heavy atom. The number of aryl methyl sites for hydroxylation is 1. The largest absolute Gasteiger partial charge is 0.423 e. The van der Waals surface area contributed by atoms with Crippen LogP contribution in [0.2, 0.25) is 0 Å². The highest BCUT2D eigenvalue weighted by Gasteiger charge is 2.30. The molecule has 0 spiro atoms. The van der Waals surface area contributed by atoms with Gasteiger partial charge in [-0.3, -0.25) is 14.4 Å². The predicted molar refractivity (Wildman–Crippen MR) is 163 cm³/mol. The molecule has 1 unspecified atom stereocenters. The van der Waals surface area contributed by atoms with E-state index in [-0.39, 0.29) is 11.9 Å². The molecule has 9 heteroatoms. The highest BCUT2D eigenvalue weighted by Crippen LogP contribution is 2.27. The van der Waals surface area contributed by atoms with Crippen LogP contribution in [0.15, 0.2) is 71.3 Å². The van der Waals surface area contributed by atoms with E-state index in [9.17, 15) is 4.79 Å². The highest BCUT2D eigenvalue weighted by molar-refractivity contribution is 5.81. The van der Waals surface area contributed by atoms with Crippen LogP contribution < -0.4 is 4.90 Å². The number of hydrogen-bond donors (Lipinski definition) is 0. The van der Waals surface area contributed by atoms with Gasteiger partial charge in [-0.05, 0) is 31.5 Å². The van der Waals surface area contributed by atoms with E-state index in [0.29, 0.717) is 45.2 Å². The first-order valence-corrected chi connectivity index (χ1v) is 15.2. The molecule has 4 bridgehead atoms. The molecule has 1 amide bonds. The maximum absolute atomic E-state index is 14.3. The molecule has 3 heterocycles. The van der Waals surface area contributed by atoms with E-state index < -0.39 is 0 Å². The van der Waals surface area contributed by atoms with E-state index in [2.05, 4.69) is 51.3 Å². The van der Waals surface area contributed by atoms with E-state index in [1.807, 2.05) is 66.1 Å². The number of carbonyl (C=O) groups excluding carboxylic acids is 1. The highest BCUT2D eigenvalue weighted by atomic mass is 16.4. The summed E-state index contributed by atoms with van der Waals surface area (Å²) < 4.78 is 8.28. The molecule has 0 saturated heterocycles. The molecular weight excluding hydrogens is 526 g/mol. The number of amides is 1. The molecule has 1 aliphatic heterocycles. The number of hydrogen-bond acceptors (Lipinski definition) is 7. The SMILES string of the molecule is CCCCCCC1C(=O)N(Cc2ccccc2)CCn2cc(nn2)CN(Cc2ccccc2)c2oc(nc2C)CN1C. The fourth-order valence-electron chi connectivity index (χ4n) is 5.65. The Morgan fingerprint density at radius 2 is 1.57 bits per heavy atom. The molecule has 0 fully saturated rings. The number of carbonyl (C=O) groups is 1. The Bertz CT molecular complexity index is 1400. The smallest absolute Gasteiger partial charge is 0.240 e. The van der Waals surface area contributed by atoms with Gasteiger partial charge in [0.25, 0.3) is 0 Å². The van der Waals surface area contributed by atoms with Crippen LogP contribution in [0.3, 0.4) is 0 Å². The predicted octanol–water partition coefficient (Wildman–Crippen LogP) is 5.59. The van der Waals surface area contributed by atoms with Gasteiger partial charge in [-0.25, -0.2) is 4.98 Å². The molecule has 0 saturated carbocycles. The minimum absolute atomic E-state index is 0.127. The van der Waals surface area contributed by atoms with Crippen LogP contribution in [0.4, 0.5) is 5.88 Å². The van der Waals surface area contributed by atoms with Crippen LogP contribution in [0, 0.1) is 6.92 Å². The molecule has 0 N–H and O–H groups in total. The summed E-state index contributed by atoms with van der Waals surface area (Å²) in [5.41, 5.74) is 3.95. The third-order valence-corrected chi connectivity index (χ3v) is 7.92. The Kier molecular flexibility index (Phi) is 10.0. The number of oxazole rings is 1. The summed E-state index contributed by atoms with van der Waals surface area (Å²) in [4.78, 5) is 25.4. The second-order valence-electron chi connectivity index (χ2n) is 11.3. The number of benzene rings is 2. The van der Waals surface area contributed by atoms with Crippen LogP contribution in [0.25, 0.3) is 0 Å². The van der Waals surface area contributed by atoms with Gasteiger partial charge in [0, 0.05) is 19.6 Å². The van der Waals surface area contributed by atoms with Crippen molar-refractivity contribution in [3.8, 4) is 0 Å². The van der Waals surface area contributed by atoms with Crippen molar-refractivity contribution in [2.45, 2.75) is 84.7 Å². The lowest BCUT2D eigenvalue weighted by Gasteiger charge is -2.32. The standard InChI is InChI=1S/C33H43N7O2/c1-4-5-6-13-18-30-32(41)38(21-27-14-9-7-10-15-27)19-20-40-24-29(35-36-40)23-39(22-28-16-11-8-12-17-28)33-26(2)34-31(42-33)25-37(30)3/h7-12,14-17,24,30H,4-6,13,18-23,25H2,1-3H3. The lowest BCUT2D eigenvalue weighted by molar-refractivity contribution is -0.138. The molecule has 1 aliphatic rings. The molecule has 222 valence electrons. The second-order valence-corrected chi connectivity index (χ2v) is 11.3. The first-order valence-electron chi connectivity index (χ1n) is 15.2. The minimum Gasteiger partial charge on any atom is -0.423 e. The number of aromatic nitrogens is 4. The molecular formula is C33H43N7O2. The second kappa shape index (κ2) is 14.3. The molecule has 1 atom stereocenters. The average Bonchev–Trinajstić information content (AvgIpc) is 3.60. The van der Waals surface area contributed by atoms with Crippen LogP contribution in [0.1, 0.15) is 67.4 Å². The molecule has 2 aromatic carbocycles. The molecule has 0 aliphatic carbocycles. The summed E-state index contributed by atoms with van der Waals surface area (Å²) in [6, 6.07) is 20.3. The first kappa shape index (κ1) is 29.5. The number of rotatable bonds is 9. The van der Waals surface area contributed by atoms with Crippen molar-refractivity contribution in [1.82, 2.24) is 29.8 Å². The number of unbranched alkanes of at least 4 members (excludes halogenated alkanes) is 3. The normalized spacial score (nSPS) is 16.8. The third-order valence-electron chi connectivity index (χ3n) is 7.92. The maximum atomic E-state index is 14.3. The van der Waals surface area contributed by atoms with Gasteiger partial charge >= 0.3 is 0 Å². The van der Waals surface area contributed by atoms with Crippen LogP contribution in [-0.4, -0.2) is 55.3 Å². The molecule has 5 rings (SSSR count). The maximum Gasteiger partial charge on any atom is 0.240 e. The number of likely N-dealkylation sites (N-methyl/N-ethyl adjacent to an activating group) is 1. The third kappa shape index (κ3) is 7.64. The van der Waals surface area contributed by atoms with Gasteiger partial charge < -0.3 is 14.2 Å². The molecule has 9 nitrogen and oxygen atoms in total. The molecule has 42 heavy (non-hydrogen) atoms. The summed E-state index contributed by atoms with van der Waals surface area (Å²) in [6.45, 7) is 7.50. The minimum atomic E-state index is -0.280. The first-order chi connectivity index (χ1) is 20.5. The lowest BCUT2D eigenvalue weighted by atomic mass is 10.0. The van der Waals surface area contributed by atoms with E-state index in [1.165, 1.54) is 12.0 Å². The number of anilines is 1. The van der Waals surface area contributed by atoms with Crippen LogP contribution in [0.5, 0.6) is 0 Å². The summed E-state index contributed by atoms with van der Waals surface area (Å²) in [5.74, 6) is 1.47. The Labute approximate surface area is 249 Å². The van der Waals surface area contributed by atoms with Crippen molar-refractivity contribution in [3.05, 3.63) is 95.3 Å². The van der Waals surface area contributed by atoms with Gasteiger partial charge in [0.1, 0.15) is 11.4 Å². The lowest BCUT2D eigenvalue weighted by Crippen LogP contribution is -2.47.